The molecule has 0 saturated heterocycles. The molecule has 70 valence electrons. The van der Waals surface area contributed by atoms with E-state index in [-0.39, 0.29) is 0 Å². The van der Waals surface area contributed by atoms with Gasteiger partial charge in [-0.05, 0) is 24.8 Å². The van der Waals surface area contributed by atoms with Gasteiger partial charge in [-0.15, -0.1) is 0 Å². The van der Waals surface area contributed by atoms with Crippen molar-refractivity contribution in [2.24, 2.45) is 0 Å². The molecular weight excluding hydrogens is 164 g/mol. The van der Waals surface area contributed by atoms with E-state index < -0.39 is 11.7 Å². The predicted octanol–water partition coefficient (Wildman–Crippen LogP) is 1.64. The molecule has 0 heterocycles. The van der Waals surface area contributed by atoms with Gasteiger partial charge in [0.05, 0.1) is 5.60 Å². The standard InChI is InChI=1S/C11H14O2/c12-10(11(13)7-4-8-11)9-5-2-1-3-6-9/h1-3,5-6,10,12-13H,4,7-8H2. The van der Waals surface area contributed by atoms with Crippen LogP contribution < -0.4 is 0 Å². The SMILES string of the molecule is OC(c1ccccc1)C1(O)CCC1. The van der Waals surface area contributed by atoms with Gasteiger partial charge in [-0.25, -0.2) is 0 Å². The lowest BCUT2D eigenvalue weighted by Crippen LogP contribution is -2.42. The third-order valence-corrected chi connectivity index (χ3v) is 2.84. The zero-order valence-electron chi connectivity index (χ0n) is 7.48. The molecule has 1 atom stereocenters. The minimum absolute atomic E-state index is 0.711. The molecule has 1 aliphatic carbocycles. The number of hydrogen-bond donors (Lipinski definition) is 2. The van der Waals surface area contributed by atoms with Gasteiger partial charge in [0, 0.05) is 0 Å². The van der Waals surface area contributed by atoms with Crippen LogP contribution >= 0.6 is 0 Å². The minimum atomic E-state index is -0.860. The van der Waals surface area contributed by atoms with Crippen molar-refractivity contribution in [3.05, 3.63) is 35.9 Å². The van der Waals surface area contributed by atoms with Gasteiger partial charge in [0.2, 0.25) is 0 Å². The Hall–Kier alpha value is -0.860. The Bertz CT molecular complexity index is 277. The molecule has 0 aromatic heterocycles. The summed E-state index contributed by atoms with van der Waals surface area (Å²) in [7, 11) is 0. The summed E-state index contributed by atoms with van der Waals surface area (Å²) in [6.45, 7) is 0. The molecule has 1 aromatic rings. The summed E-state index contributed by atoms with van der Waals surface area (Å²) in [5.41, 5.74) is -0.0499. The summed E-state index contributed by atoms with van der Waals surface area (Å²) in [6.07, 6.45) is 1.72. The number of hydrogen-bond acceptors (Lipinski definition) is 2. The van der Waals surface area contributed by atoms with E-state index in [4.69, 9.17) is 0 Å². The van der Waals surface area contributed by atoms with Gasteiger partial charge < -0.3 is 10.2 Å². The average molecular weight is 178 g/mol. The van der Waals surface area contributed by atoms with Gasteiger partial charge in [-0.3, -0.25) is 0 Å². The molecular formula is C11H14O2. The zero-order chi connectivity index (χ0) is 9.31. The highest BCUT2D eigenvalue weighted by molar-refractivity contribution is 5.21. The molecule has 1 aromatic carbocycles. The molecule has 2 N–H and O–H groups in total. The highest BCUT2D eigenvalue weighted by Crippen LogP contribution is 2.41. The van der Waals surface area contributed by atoms with Crippen molar-refractivity contribution in [2.75, 3.05) is 0 Å². The van der Waals surface area contributed by atoms with Crippen LogP contribution in [0.1, 0.15) is 30.9 Å². The first-order valence-electron chi connectivity index (χ1n) is 4.68. The smallest absolute Gasteiger partial charge is 0.108 e. The molecule has 1 unspecified atom stereocenters. The van der Waals surface area contributed by atoms with Crippen LogP contribution in [0.2, 0.25) is 0 Å². The van der Waals surface area contributed by atoms with Crippen LogP contribution in [0.25, 0.3) is 0 Å². The van der Waals surface area contributed by atoms with Crippen molar-refractivity contribution in [2.45, 2.75) is 31.0 Å². The van der Waals surface area contributed by atoms with Crippen LogP contribution in [0.15, 0.2) is 30.3 Å². The van der Waals surface area contributed by atoms with E-state index in [2.05, 4.69) is 0 Å². The predicted molar refractivity (Wildman–Crippen MR) is 50.2 cm³/mol. The maximum atomic E-state index is 9.88. The van der Waals surface area contributed by atoms with Gasteiger partial charge >= 0.3 is 0 Å². The Morgan fingerprint density at radius 1 is 1.15 bits per heavy atom. The first-order chi connectivity index (χ1) is 6.22. The van der Waals surface area contributed by atoms with Gasteiger partial charge in [0.25, 0.3) is 0 Å². The maximum absolute atomic E-state index is 9.88. The molecule has 0 spiro atoms. The van der Waals surface area contributed by atoms with Gasteiger partial charge in [0.15, 0.2) is 0 Å². The molecule has 0 amide bonds. The van der Waals surface area contributed by atoms with Crippen LogP contribution in [0.3, 0.4) is 0 Å². The molecule has 2 rings (SSSR count). The third-order valence-electron chi connectivity index (χ3n) is 2.84. The molecule has 1 saturated carbocycles. The second-order valence-electron chi connectivity index (χ2n) is 3.77. The normalized spacial score (nSPS) is 22.0. The van der Waals surface area contributed by atoms with Crippen molar-refractivity contribution in [3.63, 3.8) is 0 Å². The topological polar surface area (TPSA) is 40.5 Å². The highest BCUT2D eigenvalue weighted by Gasteiger charge is 2.41. The summed E-state index contributed by atoms with van der Waals surface area (Å²) in [4.78, 5) is 0. The fraction of sp³-hybridized carbons (Fsp3) is 0.455. The Balaban J connectivity index is 2.17. The van der Waals surface area contributed by atoms with Crippen molar-refractivity contribution in [1.82, 2.24) is 0 Å². The van der Waals surface area contributed by atoms with Crippen molar-refractivity contribution in [1.29, 1.82) is 0 Å². The van der Waals surface area contributed by atoms with E-state index in [1.165, 1.54) is 0 Å². The fourth-order valence-electron chi connectivity index (χ4n) is 1.76. The van der Waals surface area contributed by atoms with Crippen LogP contribution in [-0.2, 0) is 0 Å². The van der Waals surface area contributed by atoms with E-state index in [1.807, 2.05) is 30.3 Å². The molecule has 0 radical (unpaired) electrons. The van der Waals surface area contributed by atoms with Crippen LogP contribution in [0.5, 0.6) is 0 Å². The zero-order valence-corrected chi connectivity index (χ0v) is 7.48. The quantitative estimate of drug-likeness (QED) is 0.722. The molecule has 1 fully saturated rings. The van der Waals surface area contributed by atoms with Crippen molar-refractivity contribution in [3.8, 4) is 0 Å². The maximum Gasteiger partial charge on any atom is 0.108 e. The largest absolute Gasteiger partial charge is 0.387 e. The Morgan fingerprint density at radius 2 is 1.77 bits per heavy atom. The second-order valence-corrected chi connectivity index (χ2v) is 3.77. The summed E-state index contributed by atoms with van der Waals surface area (Å²) >= 11 is 0. The number of aliphatic hydroxyl groups is 2. The van der Waals surface area contributed by atoms with E-state index in [1.54, 1.807) is 0 Å². The Labute approximate surface area is 77.8 Å². The summed E-state index contributed by atoms with van der Waals surface area (Å²) in [5.74, 6) is 0. The number of aliphatic hydroxyl groups excluding tert-OH is 1. The van der Waals surface area contributed by atoms with Crippen LogP contribution in [0.4, 0.5) is 0 Å². The van der Waals surface area contributed by atoms with Crippen molar-refractivity contribution < 1.29 is 10.2 Å². The molecule has 1 aliphatic rings. The van der Waals surface area contributed by atoms with E-state index in [9.17, 15) is 10.2 Å². The van der Waals surface area contributed by atoms with E-state index in [0.717, 1.165) is 12.0 Å². The number of benzene rings is 1. The van der Waals surface area contributed by atoms with Crippen molar-refractivity contribution >= 4 is 0 Å². The lowest BCUT2D eigenvalue weighted by atomic mass is 9.74. The number of rotatable bonds is 2. The molecule has 2 nitrogen and oxygen atoms in total. The monoisotopic (exact) mass is 178 g/mol. The Kier molecular flexibility index (Phi) is 2.10. The molecule has 13 heavy (non-hydrogen) atoms. The van der Waals surface area contributed by atoms with E-state index >= 15 is 0 Å². The lowest BCUT2D eigenvalue weighted by Gasteiger charge is -2.40. The lowest BCUT2D eigenvalue weighted by molar-refractivity contribution is -0.127. The fourth-order valence-corrected chi connectivity index (χ4v) is 1.76. The molecule has 0 aliphatic heterocycles. The second kappa shape index (κ2) is 3.13. The summed E-state index contributed by atoms with van der Waals surface area (Å²) < 4.78 is 0. The van der Waals surface area contributed by atoms with Gasteiger partial charge in [-0.2, -0.15) is 0 Å². The molecule has 2 heteroatoms. The molecule has 0 bridgehead atoms. The van der Waals surface area contributed by atoms with Gasteiger partial charge in [0.1, 0.15) is 6.10 Å². The highest BCUT2D eigenvalue weighted by atomic mass is 16.3. The third kappa shape index (κ3) is 1.47. The summed E-state index contributed by atoms with van der Waals surface area (Å²) in [6, 6.07) is 9.35. The van der Waals surface area contributed by atoms with E-state index in [0.29, 0.717) is 12.8 Å². The first-order valence-corrected chi connectivity index (χ1v) is 4.68. The first kappa shape index (κ1) is 8.73. The van der Waals surface area contributed by atoms with Crippen LogP contribution in [0, 0.1) is 0 Å². The summed E-state index contributed by atoms with van der Waals surface area (Å²) in [5, 5.41) is 19.7. The average Bonchev–Trinajstić information content (AvgIpc) is 2.14. The Morgan fingerprint density at radius 3 is 2.23 bits per heavy atom. The van der Waals surface area contributed by atoms with Gasteiger partial charge in [-0.1, -0.05) is 30.3 Å². The minimum Gasteiger partial charge on any atom is -0.387 e. The van der Waals surface area contributed by atoms with Crippen LogP contribution in [-0.4, -0.2) is 15.8 Å².